The van der Waals surface area contributed by atoms with Crippen LogP contribution in [-0.2, 0) is 11.2 Å². The average molecular weight is 284 g/mol. The number of nitrogens with zero attached hydrogens (tertiary/aromatic N) is 1. The predicted octanol–water partition coefficient (Wildman–Crippen LogP) is 2.19. The van der Waals surface area contributed by atoms with E-state index in [1.807, 2.05) is 24.4 Å². The molecule has 2 amide bonds. The fraction of sp³-hybridized carbons (Fsp3) is 0.538. The van der Waals surface area contributed by atoms with Gasteiger partial charge in [0.05, 0.1) is 0 Å². The van der Waals surface area contributed by atoms with Gasteiger partial charge in [-0.3, -0.25) is 4.79 Å². The maximum Gasteiger partial charge on any atom is 0.317 e. The van der Waals surface area contributed by atoms with E-state index in [-0.39, 0.29) is 18.5 Å². The topological polar surface area (TPSA) is 69.6 Å². The van der Waals surface area contributed by atoms with Crippen LogP contribution in [0.3, 0.4) is 0 Å². The summed E-state index contributed by atoms with van der Waals surface area (Å²) in [4.78, 5) is 25.0. The van der Waals surface area contributed by atoms with Gasteiger partial charge in [-0.05, 0) is 24.8 Å². The van der Waals surface area contributed by atoms with E-state index in [2.05, 4.69) is 5.32 Å². The highest BCUT2D eigenvalue weighted by molar-refractivity contribution is 7.09. The minimum absolute atomic E-state index is 0.0630. The van der Waals surface area contributed by atoms with Gasteiger partial charge in [0.1, 0.15) is 0 Å². The van der Waals surface area contributed by atoms with E-state index < -0.39 is 5.97 Å². The van der Waals surface area contributed by atoms with Crippen LogP contribution in [0.2, 0.25) is 0 Å². The highest BCUT2D eigenvalue weighted by Crippen LogP contribution is 2.11. The Hall–Kier alpha value is -1.56. The number of carbonyl (C=O) groups excluding carboxylic acids is 1. The molecule has 0 saturated heterocycles. The first kappa shape index (κ1) is 15.5. The molecule has 0 aliphatic carbocycles. The van der Waals surface area contributed by atoms with E-state index in [9.17, 15) is 9.59 Å². The summed E-state index contributed by atoms with van der Waals surface area (Å²) < 4.78 is 0. The van der Waals surface area contributed by atoms with Crippen molar-refractivity contribution in [2.75, 3.05) is 13.6 Å². The Bertz CT molecular complexity index is 406. The minimum atomic E-state index is -0.833. The Morgan fingerprint density at radius 1 is 1.53 bits per heavy atom. The van der Waals surface area contributed by atoms with Crippen molar-refractivity contribution in [2.24, 2.45) is 0 Å². The van der Waals surface area contributed by atoms with Crippen molar-refractivity contribution in [1.29, 1.82) is 0 Å². The van der Waals surface area contributed by atoms with Crippen LogP contribution in [0.15, 0.2) is 17.5 Å². The SMILES string of the molecule is CC(Cc1cccs1)NC(=O)N(C)CCCC(=O)O. The van der Waals surface area contributed by atoms with E-state index in [1.54, 1.807) is 18.4 Å². The Morgan fingerprint density at radius 3 is 2.84 bits per heavy atom. The lowest BCUT2D eigenvalue weighted by atomic mass is 10.2. The summed E-state index contributed by atoms with van der Waals surface area (Å²) in [6, 6.07) is 3.94. The van der Waals surface area contributed by atoms with Gasteiger partial charge in [0.15, 0.2) is 0 Å². The van der Waals surface area contributed by atoms with Crippen molar-refractivity contribution in [3.05, 3.63) is 22.4 Å². The van der Waals surface area contributed by atoms with Crippen molar-refractivity contribution in [1.82, 2.24) is 10.2 Å². The molecule has 0 spiro atoms. The monoisotopic (exact) mass is 284 g/mol. The number of carboxylic acids is 1. The number of carboxylic acid groups (broad SMARTS) is 1. The van der Waals surface area contributed by atoms with Crippen LogP contribution in [0, 0.1) is 0 Å². The number of rotatable bonds is 7. The molecule has 0 bridgehead atoms. The summed E-state index contributed by atoms with van der Waals surface area (Å²) in [5.41, 5.74) is 0. The van der Waals surface area contributed by atoms with Crippen LogP contribution < -0.4 is 5.32 Å². The first-order chi connectivity index (χ1) is 8.99. The molecule has 1 aromatic rings. The van der Waals surface area contributed by atoms with Gasteiger partial charge in [0.25, 0.3) is 0 Å². The Labute approximate surface area is 117 Å². The van der Waals surface area contributed by atoms with Crippen LogP contribution in [0.1, 0.15) is 24.6 Å². The molecule has 1 atom stereocenters. The number of aliphatic carboxylic acids is 1. The maximum atomic E-state index is 11.8. The highest BCUT2D eigenvalue weighted by atomic mass is 32.1. The number of carbonyl (C=O) groups is 2. The Balaban J connectivity index is 2.26. The lowest BCUT2D eigenvalue weighted by Gasteiger charge is -2.20. The van der Waals surface area contributed by atoms with E-state index in [0.29, 0.717) is 13.0 Å². The molecule has 1 unspecified atom stereocenters. The number of urea groups is 1. The van der Waals surface area contributed by atoms with Crippen LogP contribution >= 0.6 is 11.3 Å². The standard InChI is InChI=1S/C13H20N2O3S/c1-10(9-11-5-4-8-19-11)14-13(18)15(2)7-3-6-12(16)17/h4-5,8,10H,3,6-7,9H2,1-2H3,(H,14,18)(H,16,17). The Kier molecular flexibility index (Phi) is 6.35. The molecule has 0 saturated carbocycles. The van der Waals surface area contributed by atoms with Crippen molar-refractivity contribution >= 4 is 23.3 Å². The summed E-state index contributed by atoms with van der Waals surface area (Å²) in [7, 11) is 1.68. The van der Waals surface area contributed by atoms with Crippen LogP contribution in [-0.4, -0.2) is 41.6 Å². The Morgan fingerprint density at radius 2 is 2.26 bits per heavy atom. The van der Waals surface area contributed by atoms with Gasteiger partial charge in [-0.15, -0.1) is 11.3 Å². The first-order valence-electron chi connectivity index (χ1n) is 6.25. The highest BCUT2D eigenvalue weighted by Gasteiger charge is 2.12. The maximum absolute atomic E-state index is 11.8. The molecule has 0 aliphatic rings. The second-order valence-corrected chi connectivity index (χ2v) is 5.59. The molecule has 106 valence electrons. The van der Waals surface area contributed by atoms with E-state index in [4.69, 9.17) is 5.11 Å². The first-order valence-corrected chi connectivity index (χ1v) is 7.13. The zero-order valence-corrected chi connectivity index (χ0v) is 12.1. The summed E-state index contributed by atoms with van der Waals surface area (Å²) in [5, 5.41) is 13.5. The lowest BCUT2D eigenvalue weighted by molar-refractivity contribution is -0.137. The fourth-order valence-corrected chi connectivity index (χ4v) is 2.51. The molecule has 6 heteroatoms. The molecule has 0 aromatic carbocycles. The smallest absolute Gasteiger partial charge is 0.317 e. The van der Waals surface area contributed by atoms with E-state index in [1.165, 1.54) is 9.78 Å². The zero-order valence-electron chi connectivity index (χ0n) is 11.3. The normalized spacial score (nSPS) is 11.9. The number of nitrogens with one attached hydrogen (secondary N) is 1. The minimum Gasteiger partial charge on any atom is -0.481 e. The fourth-order valence-electron chi connectivity index (χ4n) is 1.67. The van der Waals surface area contributed by atoms with Gasteiger partial charge in [0.2, 0.25) is 0 Å². The molecule has 0 radical (unpaired) electrons. The van der Waals surface area contributed by atoms with Crippen molar-refractivity contribution in [3.63, 3.8) is 0 Å². The van der Waals surface area contributed by atoms with Gasteiger partial charge in [-0.2, -0.15) is 0 Å². The summed E-state index contributed by atoms with van der Waals surface area (Å²) in [5.74, 6) is -0.833. The molecule has 5 nitrogen and oxygen atoms in total. The summed E-state index contributed by atoms with van der Waals surface area (Å²) in [6.45, 7) is 2.41. The molecule has 19 heavy (non-hydrogen) atoms. The third-order valence-corrected chi connectivity index (χ3v) is 3.59. The van der Waals surface area contributed by atoms with Crippen molar-refractivity contribution < 1.29 is 14.7 Å². The molecule has 2 N–H and O–H groups in total. The summed E-state index contributed by atoms with van der Waals surface area (Å²) in [6.07, 6.45) is 1.37. The van der Waals surface area contributed by atoms with E-state index >= 15 is 0 Å². The molecule has 1 aromatic heterocycles. The van der Waals surface area contributed by atoms with Gasteiger partial charge >= 0.3 is 12.0 Å². The third kappa shape index (κ3) is 6.24. The molecule has 0 aliphatic heterocycles. The van der Waals surface area contributed by atoms with Crippen LogP contribution in [0.5, 0.6) is 0 Å². The second kappa shape index (κ2) is 7.78. The largest absolute Gasteiger partial charge is 0.481 e. The molecule has 1 heterocycles. The van der Waals surface area contributed by atoms with E-state index in [0.717, 1.165) is 6.42 Å². The van der Waals surface area contributed by atoms with Crippen molar-refractivity contribution in [2.45, 2.75) is 32.2 Å². The quantitative estimate of drug-likeness (QED) is 0.806. The van der Waals surface area contributed by atoms with Crippen LogP contribution in [0.4, 0.5) is 4.79 Å². The molecule has 0 fully saturated rings. The molecular formula is C13H20N2O3S. The predicted molar refractivity (Wildman–Crippen MR) is 75.5 cm³/mol. The zero-order chi connectivity index (χ0) is 14.3. The van der Waals surface area contributed by atoms with Gasteiger partial charge in [-0.1, -0.05) is 6.07 Å². The van der Waals surface area contributed by atoms with Crippen molar-refractivity contribution in [3.8, 4) is 0 Å². The van der Waals surface area contributed by atoms with Crippen LogP contribution in [0.25, 0.3) is 0 Å². The van der Waals surface area contributed by atoms with Gasteiger partial charge < -0.3 is 15.3 Å². The second-order valence-electron chi connectivity index (χ2n) is 4.55. The molecule has 1 rings (SSSR count). The summed E-state index contributed by atoms with van der Waals surface area (Å²) >= 11 is 1.67. The number of hydrogen-bond acceptors (Lipinski definition) is 3. The average Bonchev–Trinajstić information content (AvgIpc) is 2.80. The number of hydrogen-bond donors (Lipinski definition) is 2. The lowest BCUT2D eigenvalue weighted by Crippen LogP contribution is -2.43. The number of amides is 2. The third-order valence-electron chi connectivity index (χ3n) is 2.69. The van der Waals surface area contributed by atoms with Gasteiger partial charge in [-0.25, -0.2) is 4.79 Å². The number of thiophene rings is 1. The molecular weight excluding hydrogens is 264 g/mol. The van der Waals surface area contributed by atoms with Gasteiger partial charge in [0, 0.05) is 37.4 Å².